The fourth-order valence-corrected chi connectivity index (χ4v) is 2.93. The van der Waals surface area contributed by atoms with Gasteiger partial charge in [0.05, 0.1) is 11.0 Å². The van der Waals surface area contributed by atoms with Gasteiger partial charge in [-0.05, 0) is 36.6 Å². The highest BCUT2D eigenvalue weighted by Crippen LogP contribution is 2.32. The number of benzene rings is 2. The Hall–Kier alpha value is -2.96. The number of nitro groups is 1. The van der Waals surface area contributed by atoms with Gasteiger partial charge in [0.2, 0.25) is 0 Å². The maximum absolute atomic E-state index is 13.1. The first-order chi connectivity index (χ1) is 11.5. The van der Waals surface area contributed by atoms with E-state index >= 15 is 0 Å². The van der Waals surface area contributed by atoms with Crippen molar-refractivity contribution in [1.82, 2.24) is 4.90 Å². The Labute approximate surface area is 138 Å². The summed E-state index contributed by atoms with van der Waals surface area (Å²) >= 11 is 0. The van der Waals surface area contributed by atoms with Crippen LogP contribution in [0.3, 0.4) is 0 Å². The molecule has 2 aromatic rings. The molecule has 0 spiro atoms. The summed E-state index contributed by atoms with van der Waals surface area (Å²) in [6.07, 6.45) is 1.65. The van der Waals surface area contributed by atoms with Crippen LogP contribution in [0, 0.1) is 15.9 Å². The van der Waals surface area contributed by atoms with Gasteiger partial charge in [0.15, 0.2) is 0 Å². The summed E-state index contributed by atoms with van der Waals surface area (Å²) in [5.74, 6) is -0.315. The van der Waals surface area contributed by atoms with Crippen molar-refractivity contribution in [3.63, 3.8) is 0 Å². The third kappa shape index (κ3) is 3.34. The topological polar surface area (TPSA) is 75.5 Å². The molecule has 24 heavy (non-hydrogen) atoms. The molecule has 1 heterocycles. The normalized spacial score (nSPS) is 16.9. The quantitative estimate of drug-likeness (QED) is 0.680. The molecule has 0 saturated carbocycles. The third-order valence-electron chi connectivity index (χ3n) is 4.08. The lowest BCUT2D eigenvalue weighted by atomic mass is 10.0. The molecule has 2 amide bonds. The molecule has 124 valence electrons. The zero-order valence-electron chi connectivity index (χ0n) is 12.8. The van der Waals surface area contributed by atoms with Crippen LogP contribution in [0.5, 0.6) is 0 Å². The highest BCUT2D eigenvalue weighted by molar-refractivity contribution is 5.90. The maximum atomic E-state index is 13.1. The van der Waals surface area contributed by atoms with Crippen LogP contribution in [-0.4, -0.2) is 22.4 Å². The van der Waals surface area contributed by atoms with Gasteiger partial charge in [0.1, 0.15) is 5.82 Å². The largest absolute Gasteiger partial charge is 0.322 e. The molecule has 1 aliphatic rings. The minimum Gasteiger partial charge on any atom is -0.317 e. The number of likely N-dealkylation sites (tertiary alicyclic amines) is 1. The van der Waals surface area contributed by atoms with Crippen molar-refractivity contribution in [2.45, 2.75) is 18.9 Å². The molecule has 0 unspecified atom stereocenters. The van der Waals surface area contributed by atoms with Crippen LogP contribution in [-0.2, 0) is 0 Å². The summed E-state index contributed by atoms with van der Waals surface area (Å²) in [4.78, 5) is 24.5. The van der Waals surface area contributed by atoms with E-state index in [4.69, 9.17) is 0 Å². The number of nitro benzene ring substituents is 1. The van der Waals surface area contributed by atoms with E-state index in [2.05, 4.69) is 5.32 Å². The van der Waals surface area contributed by atoms with Crippen molar-refractivity contribution in [1.29, 1.82) is 0 Å². The van der Waals surface area contributed by atoms with Crippen LogP contribution in [0.1, 0.15) is 24.4 Å². The molecule has 6 nitrogen and oxygen atoms in total. The molecule has 1 N–H and O–H groups in total. The van der Waals surface area contributed by atoms with Crippen LogP contribution in [0.25, 0.3) is 0 Å². The molecule has 0 bridgehead atoms. The number of hydrogen-bond donors (Lipinski definition) is 1. The number of hydrogen-bond acceptors (Lipinski definition) is 3. The molecule has 2 aromatic carbocycles. The SMILES string of the molecule is O=C(Nc1cccc([N+](=O)[O-])c1)N1CCC[C@@H]1c1ccc(F)cc1. The Morgan fingerprint density at radius 1 is 1.25 bits per heavy atom. The summed E-state index contributed by atoms with van der Waals surface area (Å²) in [7, 11) is 0. The molecule has 0 aromatic heterocycles. The molecular weight excluding hydrogens is 313 g/mol. The van der Waals surface area contributed by atoms with Gasteiger partial charge in [-0.1, -0.05) is 18.2 Å². The van der Waals surface area contributed by atoms with E-state index in [-0.39, 0.29) is 23.6 Å². The maximum Gasteiger partial charge on any atom is 0.322 e. The van der Waals surface area contributed by atoms with Gasteiger partial charge in [0.25, 0.3) is 5.69 Å². The molecule has 3 rings (SSSR count). The Morgan fingerprint density at radius 2 is 2.00 bits per heavy atom. The number of amides is 2. The second-order valence-corrected chi connectivity index (χ2v) is 5.64. The molecule has 1 atom stereocenters. The van der Waals surface area contributed by atoms with E-state index in [9.17, 15) is 19.3 Å². The van der Waals surface area contributed by atoms with Gasteiger partial charge in [-0.3, -0.25) is 10.1 Å². The average molecular weight is 329 g/mol. The highest BCUT2D eigenvalue weighted by atomic mass is 19.1. The van der Waals surface area contributed by atoms with Crippen LogP contribution >= 0.6 is 0 Å². The lowest BCUT2D eigenvalue weighted by molar-refractivity contribution is -0.384. The third-order valence-corrected chi connectivity index (χ3v) is 4.08. The van der Waals surface area contributed by atoms with Crippen molar-refractivity contribution in [2.75, 3.05) is 11.9 Å². The van der Waals surface area contributed by atoms with E-state index in [1.807, 2.05) is 0 Å². The standard InChI is InChI=1S/C17H16FN3O3/c18-13-8-6-12(7-9-13)16-5-2-10-20(16)17(22)19-14-3-1-4-15(11-14)21(23)24/h1,3-4,6-9,11,16H,2,5,10H2,(H,19,22)/t16-/m1/s1. The Balaban J connectivity index is 1.75. The summed E-state index contributed by atoms with van der Waals surface area (Å²) in [6.45, 7) is 0.586. The number of nitrogens with zero attached hydrogens (tertiary/aromatic N) is 2. The lowest BCUT2D eigenvalue weighted by Crippen LogP contribution is -2.34. The Kier molecular flexibility index (Phi) is 4.41. The minimum atomic E-state index is -0.507. The molecular formula is C17H16FN3O3. The van der Waals surface area contributed by atoms with Crippen LogP contribution in [0.15, 0.2) is 48.5 Å². The van der Waals surface area contributed by atoms with Crippen LogP contribution in [0.2, 0.25) is 0 Å². The Bertz CT molecular complexity index is 764. The molecule has 1 aliphatic heterocycles. The van der Waals surface area contributed by atoms with Gasteiger partial charge in [-0.25, -0.2) is 9.18 Å². The first-order valence-electron chi connectivity index (χ1n) is 7.62. The number of nitrogens with one attached hydrogen (secondary N) is 1. The first kappa shape index (κ1) is 15.9. The van der Waals surface area contributed by atoms with Crippen LogP contribution < -0.4 is 5.32 Å². The lowest BCUT2D eigenvalue weighted by Gasteiger charge is -2.25. The molecule has 7 heteroatoms. The van der Waals surface area contributed by atoms with Crippen molar-refractivity contribution in [3.05, 3.63) is 70.0 Å². The first-order valence-corrected chi connectivity index (χ1v) is 7.62. The number of carbonyl (C=O) groups excluding carboxylic acids is 1. The summed E-state index contributed by atoms with van der Waals surface area (Å²) in [6, 6.07) is 11.5. The van der Waals surface area contributed by atoms with Crippen molar-refractivity contribution >= 4 is 17.4 Å². The Morgan fingerprint density at radius 3 is 2.71 bits per heavy atom. The number of urea groups is 1. The fourth-order valence-electron chi connectivity index (χ4n) is 2.93. The van der Waals surface area contributed by atoms with Crippen molar-refractivity contribution in [2.24, 2.45) is 0 Å². The monoisotopic (exact) mass is 329 g/mol. The van der Waals surface area contributed by atoms with Crippen LogP contribution in [0.4, 0.5) is 20.6 Å². The predicted molar refractivity (Wildman–Crippen MR) is 87.2 cm³/mol. The molecule has 1 fully saturated rings. The van der Waals surface area contributed by atoms with E-state index in [0.29, 0.717) is 12.2 Å². The van der Waals surface area contributed by atoms with E-state index < -0.39 is 4.92 Å². The molecule has 0 aliphatic carbocycles. The molecule has 0 radical (unpaired) electrons. The number of anilines is 1. The van der Waals surface area contributed by atoms with Gasteiger partial charge in [-0.2, -0.15) is 0 Å². The van der Waals surface area contributed by atoms with Crippen molar-refractivity contribution in [3.8, 4) is 0 Å². The van der Waals surface area contributed by atoms with E-state index in [1.165, 1.54) is 30.3 Å². The summed E-state index contributed by atoms with van der Waals surface area (Å²) in [5, 5.41) is 13.5. The van der Waals surface area contributed by atoms with Crippen molar-refractivity contribution < 1.29 is 14.1 Å². The number of rotatable bonds is 3. The zero-order valence-corrected chi connectivity index (χ0v) is 12.8. The highest BCUT2D eigenvalue weighted by Gasteiger charge is 2.30. The smallest absolute Gasteiger partial charge is 0.317 e. The van der Waals surface area contributed by atoms with Gasteiger partial charge >= 0.3 is 6.03 Å². The summed E-state index contributed by atoms with van der Waals surface area (Å²) in [5.41, 5.74) is 1.17. The predicted octanol–water partition coefficient (Wildman–Crippen LogP) is 4.10. The van der Waals surface area contributed by atoms with Gasteiger partial charge in [-0.15, -0.1) is 0 Å². The number of halogens is 1. The van der Waals surface area contributed by atoms with Gasteiger partial charge in [0, 0.05) is 24.4 Å². The number of carbonyl (C=O) groups is 1. The second kappa shape index (κ2) is 6.66. The fraction of sp³-hybridized carbons (Fsp3) is 0.235. The second-order valence-electron chi connectivity index (χ2n) is 5.64. The average Bonchev–Trinajstić information content (AvgIpc) is 3.05. The molecule has 1 saturated heterocycles. The number of non-ortho nitro benzene ring substituents is 1. The van der Waals surface area contributed by atoms with Gasteiger partial charge < -0.3 is 10.2 Å². The van der Waals surface area contributed by atoms with E-state index in [0.717, 1.165) is 18.4 Å². The summed E-state index contributed by atoms with van der Waals surface area (Å²) < 4.78 is 13.1. The van der Waals surface area contributed by atoms with E-state index in [1.54, 1.807) is 23.1 Å². The zero-order chi connectivity index (χ0) is 17.1. The minimum absolute atomic E-state index is 0.0793.